The maximum Gasteiger partial charge on any atom is 0.0599 e. The molecule has 0 unspecified atom stereocenters. The normalized spacial score (nSPS) is 10.8. The molecule has 0 aromatic heterocycles. The fourth-order valence-corrected chi connectivity index (χ4v) is 1.61. The highest BCUT2D eigenvalue weighted by atomic mass is 15.1. The van der Waals surface area contributed by atoms with Gasteiger partial charge in [0.2, 0.25) is 0 Å². The maximum atomic E-state index is 5.28. The first-order valence-electron chi connectivity index (χ1n) is 6.05. The molecule has 0 amide bonds. The molecular formula is C15H22N2. The molecule has 0 aliphatic heterocycles. The van der Waals surface area contributed by atoms with E-state index in [1.165, 1.54) is 11.1 Å². The minimum Gasteiger partial charge on any atom is -0.310 e. The zero-order valence-corrected chi connectivity index (χ0v) is 11.0. The molecule has 1 N–H and O–H groups in total. The molecule has 2 heteroatoms. The predicted molar refractivity (Wildman–Crippen MR) is 73.6 cm³/mol. The molecule has 92 valence electrons. The lowest BCUT2D eigenvalue weighted by molar-refractivity contribution is 0.369. The first-order chi connectivity index (χ1) is 8.11. The van der Waals surface area contributed by atoms with Crippen molar-refractivity contribution in [3.05, 3.63) is 35.4 Å². The van der Waals surface area contributed by atoms with Crippen LogP contribution in [0.4, 0.5) is 0 Å². The van der Waals surface area contributed by atoms with Crippen LogP contribution in [0.15, 0.2) is 24.3 Å². The summed E-state index contributed by atoms with van der Waals surface area (Å²) in [6.07, 6.45) is 5.28. The van der Waals surface area contributed by atoms with Crippen LogP contribution in [-0.2, 0) is 13.1 Å². The van der Waals surface area contributed by atoms with Gasteiger partial charge in [-0.2, -0.15) is 0 Å². The van der Waals surface area contributed by atoms with Crippen molar-refractivity contribution in [3.63, 3.8) is 0 Å². The molecule has 0 bridgehead atoms. The van der Waals surface area contributed by atoms with Crippen LogP contribution in [0.2, 0.25) is 0 Å². The lowest BCUT2D eigenvalue weighted by Gasteiger charge is -2.14. The summed E-state index contributed by atoms with van der Waals surface area (Å²) in [4.78, 5) is 2.13. The Morgan fingerprint density at radius 3 is 2.35 bits per heavy atom. The van der Waals surface area contributed by atoms with Gasteiger partial charge < -0.3 is 5.32 Å². The van der Waals surface area contributed by atoms with Crippen molar-refractivity contribution < 1.29 is 0 Å². The van der Waals surface area contributed by atoms with Gasteiger partial charge in [0.15, 0.2) is 0 Å². The Bertz CT molecular complexity index is 360. The van der Waals surface area contributed by atoms with Crippen molar-refractivity contribution >= 4 is 0 Å². The van der Waals surface area contributed by atoms with E-state index in [1.54, 1.807) is 0 Å². The quantitative estimate of drug-likeness (QED) is 0.754. The van der Waals surface area contributed by atoms with Gasteiger partial charge in [0.05, 0.1) is 6.54 Å². The number of nitrogens with zero attached hydrogens (tertiary/aromatic N) is 1. The molecule has 0 aliphatic carbocycles. The summed E-state index contributed by atoms with van der Waals surface area (Å²) < 4.78 is 0. The Kier molecular flexibility index (Phi) is 5.76. The van der Waals surface area contributed by atoms with Crippen LogP contribution < -0.4 is 5.32 Å². The third-order valence-corrected chi connectivity index (χ3v) is 2.55. The van der Waals surface area contributed by atoms with Crippen LogP contribution in [0.1, 0.15) is 25.0 Å². The summed E-state index contributed by atoms with van der Waals surface area (Å²) in [6.45, 7) is 6.84. The van der Waals surface area contributed by atoms with Crippen LogP contribution >= 0.6 is 0 Å². The molecule has 0 saturated carbocycles. The Balaban J connectivity index is 2.47. The van der Waals surface area contributed by atoms with Gasteiger partial charge in [0.25, 0.3) is 0 Å². The molecule has 17 heavy (non-hydrogen) atoms. The number of rotatable bonds is 6. The van der Waals surface area contributed by atoms with Gasteiger partial charge in [0, 0.05) is 19.1 Å². The van der Waals surface area contributed by atoms with E-state index in [0.717, 1.165) is 13.1 Å². The van der Waals surface area contributed by atoms with Crippen molar-refractivity contribution in [1.29, 1.82) is 0 Å². The summed E-state index contributed by atoms with van der Waals surface area (Å²) >= 11 is 0. The molecule has 0 fully saturated rings. The zero-order valence-electron chi connectivity index (χ0n) is 11.0. The number of hydrogen-bond donors (Lipinski definition) is 1. The number of benzene rings is 1. The largest absolute Gasteiger partial charge is 0.310 e. The highest BCUT2D eigenvalue weighted by molar-refractivity contribution is 5.22. The molecule has 2 nitrogen and oxygen atoms in total. The molecule has 0 heterocycles. The highest BCUT2D eigenvalue weighted by Crippen LogP contribution is 2.06. The molecule has 0 radical (unpaired) electrons. The summed E-state index contributed by atoms with van der Waals surface area (Å²) in [5, 5.41) is 3.41. The summed E-state index contributed by atoms with van der Waals surface area (Å²) in [5.41, 5.74) is 2.62. The fraction of sp³-hybridized carbons (Fsp3) is 0.467. The minimum atomic E-state index is 0.524. The zero-order chi connectivity index (χ0) is 12.7. The van der Waals surface area contributed by atoms with Gasteiger partial charge in [-0.05, 0) is 18.2 Å². The second-order valence-corrected chi connectivity index (χ2v) is 4.73. The monoisotopic (exact) mass is 230 g/mol. The van der Waals surface area contributed by atoms with E-state index < -0.39 is 0 Å². The van der Waals surface area contributed by atoms with E-state index in [9.17, 15) is 0 Å². The van der Waals surface area contributed by atoms with E-state index in [1.807, 2.05) is 7.05 Å². The van der Waals surface area contributed by atoms with Crippen LogP contribution in [0.25, 0.3) is 0 Å². The maximum absolute atomic E-state index is 5.28. The van der Waals surface area contributed by atoms with E-state index in [4.69, 9.17) is 6.42 Å². The van der Waals surface area contributed by atoms with E-state index in [0.29, 0.717) is 12.6 Å². The van der Waals surface area contributed by atoms with Gasteiger partial charge in [-0.15, -0.1) is 6.42 Å². The summed E-state index contributed by atoms with van der Waals surface area (Å²) in [6, 6.07) is 9.22. The molecule has 0 atom stereocenters. The minimum absolute atomic E-state index is 0.524. The fourth-order valence-electron chi connectivity index (χ4n) is 1.61. The van der Waals surface area contributed by atoms with Gasteiger partial charge in [-0.3, -0.25) is 4.90 Å². The van der Waals surface area contributed by atoms with Crippen molar-refractivity contribution in [2.75, 3.05) is 13.6 Å². The Morgan fingerprint density at radius 2 is 1.82 bits per heavy atom. The Morgan fingerprint density at radius 1 is 1.24 bits per heavy atom. The van der Waals surface area contributed by atoms with Gasteiger partial charge in [0.1, 0.15) is 0 Å². The van der Waals surface area contributed by atoms with Crippen LogP contribution in [0.5, 0.6) is 0 Å². The van der Waals surface area contributed by atoms with Crippen LogP contribution in [-0.4, -0.2) is 24.5 Å². The van der Waals surface area contributed by atoms with Crippen molar-refractivity contribution in [2.24, 2.45) is 0 Å². The molecular weight excluding hydrogens is 208 g/mol. The van der Waals surface area contributed by atoms with Gasteiger partial charge >= 0.3 is 0 Å². The molecule has 1 aromatic rings. The molecule has 0 aliphatic rings. The van der Waals surface area contributed by atoms with Crippen LogP contribution in [0, 0.1) is 12.3 Å². The third-order valence-electron chi connectivity index (χ3n) is 2.55. The Labute approximate surface area is 105 Å². The molecule has 0 saturated heterocycles. The number of hydrogen-bond acceptors (Lipinski definition) is 2. The van der Waals surface area contributed by atoms with Gasteiger partial charge in [-0.1, -0.05) is 44.0 Å². The predicted octanol–water partition coefficient (Wildman–Crippen LogP) is 2.25. The SMILES string of the molecule is C#CCN(C)Cc1ccc(CNC(C)C)cc1. The highest BCUT2D eigenvalue weighted by Gasteiger charge is 1.99. The average molecular weight is 230 g/mol. The van der Waals surface area contributed by atoms with E-state index in [-0.39, 0.29) is 0 Å². The summed E-state index contributed by atoms with van der Waals surface area (Å²) in [7, 11) is 2.04. The molecule has 0 spiro atoms. The number of nitrogens with one attached hydrogen (secondary N) is 1. The Hall–Kier alpha value is -1.30. The number of terminal acetylenes is 1. The molecule has 1 rings (SSSR count). The lowest BCUT2D eigenvalue weighted by Crippen LogP contribution is -2.21. The van der Waals surface area contributed by atoms with Gasteiger partial charge in [-0.25, -0.2) is 0 Å². The first-order valence-corrected chi connectivity index (χ1v) is 6.05. The van der Waals surface area contributed by atoms with Crippen LogP contribution in [0.3, 0.4) is 0 Å². The smallest absolute Gasteiger partial charge is 0.0599 e. The molecule has 1 aromatic carbocycles. The average Bonchev–Trinajstić information content (AvgIpc) is 2.28. The first kappa shape index (κ1) is 13.8. The third kappa shape index (κ3) is 5.53. The van der Waals surface area contributed by atoms with E-state index in [2.05, 4.69) is 54.3 Å². The lowest BCUT2D eigenvalue weighted by atomic mass is 10.1. The standard InChI is InChI=1S/C15H22N2/c1-5-10-17(4)12-15-8-6-14(7-9-15)11-16-13(2)3/h1,6-9,13,16H,10-12H2,2-4H3. The van der Waals surface area contributed by atoms with Crippen molar-refractivity contribution in [2.45, 2.75) is 33.0 Å². The second kappa shape index (κ2) is 7.11. The summed E-state index contributed by atoms with van der Waals surface area (Å²) in [5.74, 6) is 2.65. The van der Waals surface area contributed by atoms with Crippen molar-refractivity contribution in [3.8, 4) is 12.3 Å². The van der Waals surface area contributed by atoms with E-state index >= 15 is 0 Å². The second-order valence-electron chi connectivity index (χ2n) is 4.73. The topological polar surface area (TPSA) is 15.3 Å². The van der Waals surface area contributed by atoms with Crippen molar-refractivity contribution in [1.82, 2.24) is 10.2 Å².